The van der Waals surface area contributed by atoms with Gasteiger partial charge >= 0.3 is 0 Å². The van der Waals surface area contributed by atoms with E-state index in [4.69, 9.17) is 5.26 Å². The summed E-state index contributed by atoms with van der Waals surface area (Å²) in [5.74, 6) is 7.27. The number of anilines is 2. The van der Waals surface area contributed by atoms with Crippen LogP contribution in [0.25, 0.3) is 10.8 Å². The largest absolute Gasteiger partial charge is 0.373 e. The molecule has 0 aromatic carbocycles. The number of nitriles is 1. The number of nitrogens with one attached hydrogen (secondary N) is 2. The van der Waals surface area contributed by atoms with Gasteiger partial charge in [-0.2, -0.15) is 5.26 Å². The van der Waals surface area contributed by atoms with Gasteiger partial charge in [-0.1, -0.05) is 12.0 Å². The summed E-state index contributed by atoms with van der Waals surface area (Å²) in [6, 6.07) is 7.68. The van der Waals surface area contributed by atoms with Gasteiger partial charge in [0, 0.05) is 42.3 Å². The number of pyridine rings is 3. The highest BCUT2D eigenvalue weighted by molar-refractivity contribution is 5.99. The first kappa shape index (κ1) is 19.4. The molecule has 3 heterocycles. The van der Waals surface area contributed by atoms with Crippen LogP contribution < -0.4 is 10.6 Å². The Hall–Kier alpha value is -3.97. The number of carbonyl (C=O) groups is 1. The van der Waals surface area contributed by atoms with E-state index in [1.807, 2.05) is 19.1 Å². The van der Waals surface area contributed by atoms with E-state index in [9.17, 15) is 4.79 Å². The maximum atomic E-state index is 12.1. The molecule has 3 aromatic rings. The lowest BCUT2D eigenvalue weighted by Crippen LogP contribution is -2.14. The molecule has 1 saturated carbocycles. The van der Waals surface area contributed by atoms with Crippen molar-refractivity contribution < 1.29 is 4.79 Å². The molecule has 1 aliphatic rings. The Morgan fingerprint density at radius 1 is 1.13 bits per heavy atom. The average Bonchev–Trinajstić information content (AvgIpc) is 3.63. The minimum atomic E-state index is -0.210. The second-order valence-electron chi connectivity index (χ2n) is 7.23. The minimum Gasteiger partial charge on any atom is -0.373 e. The lowest BCUT2D eigenvalue weighted by atomic mass is 10.1. The Morgan fingerprint density at radius 2 is 1.97 bits per heavy atom. The zero-order valence-electron chi connectivity index (χ0n) is 16.7. The molecule has 4 rings (SSSR count). The van der Waals surface area contributed by atoms with Crippen LogP contribution in [0, 0.1) is 29.1 Å². The molecular formula is C23H20N6O. The molecule has 7 nitrogen and oxygen atoms in total. The Bertz CT molecular complexity index is 1210. The lowest BCUT2D eigenvalue weighted by molar-refractivity contribution is -0.117. The van der Waals surface area contributed by atoms with E-state index in [0.29, 0.717) is 22.9 Å². The molecule has 30 heavy (non-hydrogen) atoms. The highest BCUT2D eigenvalue weighted by atomic mass is 16.2. The van der Waals surface area contributed by atoms with Gasteiger partial charge in [0.1, 0.15) is 17.3 Å². The third kappa shape index (κ3) is 4.06. The third-order valence-corrected chi connectivity index (χ3v) is 5.01. The highest BCUT2D eigenvalue weighted by Crippen LogP contribution is 2.31. The van der Waals surface area contributed by atoms with Crippen molar-refractivity contribution in [3.05, 3.63) is 53.6 Å². The SMILES string of the molecule is CNc1ncc(C#Cc2ccc(C(C)C#N)cn2)c2cc(NC(=O)C3CC3)ncc12. The summed E-state index contributed by atoms with van der Waals surface area (Å²) in [5, 5.41) is 16.6. The van der Waals surface area contributed by atoms with Crippen molar-refractivity contribution in [3.63, 3.8) is 0 Å². The molecule has 2 N–H and O–H groups in total. The van der Waals surface area contributed by atoms with Gasteiger partial charge in [-0.05, 0) is 43.4 Å². The van der Waals surface area contributed by atoms with Gasteiger partial charge in [0.05, 0.1) is 17.6 Å². The Balaban J connectivity index is 1.68. The van der Waals surface area contributed by atoms with E-state index in [1.165, 1.54) is 0 Å². The molecule has 0 spiro atoms. The number of hydrogen-bond donors (Lipinski definition) is 2. The second-order valence-corrected chi connectivity index (χ2v) is 7.23. The monoisotopic (exact) mass is 396 g/mol. The van der Waals surface area contributed by atoms with Crippen LogP contribution >= 0.6 is 0 Å². The van der Waals surface area contributed by atoms with Gasteiger partial charge in [0.2, 0.25) is 5.91 Å². The Labute approximate surface area is 174 Å². The molecular weight excluding hydrogens is 376 g/mol. The summed E-state index contributed by atoms with van der Waals surface area (Å²) in [6.07, 6.45) is 6.93. The molecule has 1 amide bonds. The first-order valence-electron chi connectivity index (χ1n) is 9.74. The third-order valence-electron chi connectivity index (χ3n) is 5.01. The van der Waals surface area contributed by atoms with Crippen molar-refractivity contribution >= 4 is 28.3 Å². The predicted molar refractivity (Wildman–Crippen MR) is 115 cm³/mol. The zero-order chi connectivity index (χ0) is 21.1. The summed E-state index contributed by atoms with van der Waals surface area (Å²) in [6.45, 7) is 1.83. The predicted octanol–water partition coefficient (Wildman–Crippen LogP) is 3.44. The summed E-state index contributed by atoms with van der Waals surface area (Å²) in [4.78, 5) is 25.2. The molecule has 1 atom stereocenters. The van der Waals surface area contributed by atoms with Crippen LogP contribution in [-0.4, -0.2) is 27.9 Å². The number of aromatic nitrogens is 3. The van der Waals surface area contributed by atoms with Crippen LogP contribution in [0.5, 0.6) is 0 Å². The number of hydrogen-bond acceptors (Lipinski definition) is 6. The van der Waals surface area contributed by atoms with Crippen LogP contribution in [0.3, 0.4) is 0 Å². The van der Waals surface area contributed by atoms with Gasteiger partial charge in [-0.15, -0.1) is 0 Å². The lowest BCUT2D eigenvalue weighted by Gasteiger charge is -2.09. The quantitative estimate of drug-likeness (QED) is 0.655. The number of amides is 1. The first-order valence-corrected chi connectivity index (χ1v) is 9.74. The molecule has 3 aromatic heterocycles. The smallest absolute Gasteiger partial charge is 0.228 e. The number of fused-ring (bicyclic) bond motifs is 1. The zero-order valence-corrected chi connectivity index (χ0v) is 16.7. The van der Waals surface area contributed by atoms with Crippen LogP contribution in [0.15, 0.2) is 36.8 Å². The molecule has 1 fully saturated rings. The van der Waals surface area contributed by atoms with Crippen molar-refractivity contribution in [2.24, 2.45) is 5.92 Å². The maximum absolute atomic E-state index is 12.1. The van der Waals surface area contributed by atoms with E-state index in [-0.39, 0.29) is 17.7 Å². The van der Waals surface area contributed by atoms with Gasteiger partial charge in [0.15, 0.2) is 0 Å². The van der Waals surface area contributed by atoms with Crippen molar-refractivity contribution in [3.8, 4) is 17.9 Å². The summed E-state index contributed by atoms with van der Waals surface area (Å²) < 4.78 is 0. The minimum absolute atomic E-state index is 0.00766. The maximum Gasteiger partial charge on any atom is 0.228 e. The summed E-state index contributed by atoms with van der Waals surface area (Å²) >= 11 is 0. The van der Waals surface area contributed by atoms with Crippen molar-refractivity contribution in [1.82, 2.24) is 15.0 Å². The van der Waals surface area contributed by atoms with Gasteiger partial charge < -0.3 is 10.6 Å². The fourth-order valence-corrected chi connectivity index (χ4v) is 3.02. The molecule has 0 bridgehead atoms. The number of rotatable bonds is 4. The average molecular weight is 396 g/mol. The van der Waals surface area contributed by atoms with E-state index in [2.05, 4.69) is 43.5 Å². The van der Waals surface area contributed by atoms with Gasteiger partial charge in [-0.25, -0.2) is 15.0 Å². The van der Waals surface area contributed by atoms with Crippen molar-refractivity contribution in [2.75, 3.05) is 17.7 Å². The number of carbonyl (C=O) groups excluding carboxylic acids is 1. The Kier molecular flexibility index (Phi) is 5.28. The van der Waals surface area contributed by atoms with Crippen molar-refractivity contribution in [2.45, 2.75) is 25.7 Å². The van der Waals surface area contributed by atoms with E-state index >= 15 is 0 Å². The fraction of sp³-hybridized carbons (Fsp3) is 0.261. The standard InChI is InChI=1S/C23H20N6O/c1-14(10-24)16-5-7-18(26-11-16)8-6-17-12-28-22(25-2)20-13-27-21(9-19(17)20)29-23(30)15-3-4-15/h5,7,9,11-15H,3-4H2,1-2H3,(H,25,28)(H,27,29,30). The van der Waals surface area contributed by atoms with Crippen LogP contribution in [0.1, 0.15) is 42.5 Å². The highest BCUT2D eigenvalue weighted by Gasteiger charge is 2.29. The van der Waals surface area contributed by atoms with Crippen LogP contribution in [-0.2, 0) is 4.79 Å². The van der Waals surface area contributed by atoms with E-state index < -0.39 is 0 Å². The van der Waals surface area contributed by atoms with Crippen LogP contribution in [0.4, 0.5) is 11.6 Å². The van der Waals surface area contributed by atoms with E-state index in [0.717, 1.165) is 29.2 Å². The van der Waals surface area contributed by atoms with E-state index in [1.54, 1.807) is 31.7 Å². The number of nitrogens with zero attached hydrogens (tertiary/aromatic N) is 4. The molecule has 0 aliphatic heterocycles. The summed E-state index contributed by atoms with van der Waals surface area (Å²) in [7, 11) is 1.80. The van der Waals surface area contributed by atoms with Gasteiger partial charge in [-0.3, -0.25) is 4.79 Å². The normalized spacial score (nSPS) is 13.6. The van der Waals surface area contributed by atoms with Crippen LogP contribution in [0.2, 0.25) is 0 Å². The molecule has 0 saturated heterocycles. The van der Waals surface area contributed by atoms with Gasteiger partial charge in [0.25, 0.3) is 0 Å². The second kappa shape index (κ2) is 8.18. The molecule has 1 unspecified atom stereocenters. The molecule has 0 radical (unpaired) electrons. The molecule has 148 valence electrons. The van der Waals surface area contributed by atoms with Crippen molar-refractivity contribution in [1.29, 1.82) is 5.26 Å². The summed E-state index contributed by atoms with van der Waals surface area (Å²) in [5.41, 5.74) is 2.17. The Morgan fingerprint density at radius 3 is 2.63 bits per heavy atom. The topological polar surface area (TPSA) is 104 Å². The fourth-order valence-electron chi connectivity index (χ4n) is 3.02. The first-order chi connectivity index (χ1) is 14.6. The molecule has 7 heteroatoms. The molecule has 1 aliphatic carbocycles.